The minimum absolute atomic E-state index is 0.160. The van der Waals surface area contributed by atoms with E-state index in [4.69, 9.17) is 9.47 Å². The van der Waals surface area contributed by atoms with E-state index in [9.17, 15) is 13.2 Å². The molecule has 0 bridgehead atoms. The Morgan fingerprint density at radius 2 is 2.10 bits per heavy atom. The molecule has 3 heterocycles. The molecule has 7 heteroatoms. The van der Waals surface area contributed by atoms with Gasteiger partial charge in [0.1, 0.15) is 18.1 Å². The molecule has 1 fully saturated rings. The molecule has 0 aromatic heterocycles. The van der Waals surface area contributed by atoms with Crippen LogP contribution in [-0.2, 0) is 6.18 Å². The molecule has 1 N–H and O–H groups in total. The minimum Gasteiger partial charge on any atom is -0.494 e. The van der Waals surface area contributed by atoms with Gasteiger partial charge in [-0.05, 0) is 60.8 Å². The van der Waals surface area contributed by atoms with Gasteiger partial charge < -0.3 is 19.7 Å². The lowest BCUT2D eigenvalue weighted by atomic mass is 9.88. The monoisotopic (exact) mass is 404 g/mol. The van der Waals surface area contributed by atoms with Crippen LogP contribution in [0.5, 0.6) is 11.5 Å². The van der Waals surface area contributed by atoms with Crippen LogP contribution in [0.1, 0.15) is 30.4 Å². The van der Waals surface area contributed by atoms with Crippen molar-refractivity contribution in [3.8, 4) is 22.6 Å². The number of rotatable bonds is 3. The number of piperidine rings is 1. The van der Waals surface area contributed by atoms with Crippen molar-refractivity contribution in [1.82, 2.24) is 5.32 Å². The first-order valence-electron chi connectivity index (χ1n) is 10.1. The number of halogens is 3. The van der Waals surface area contributed by atoms with E-state index < -0.39 is 11.7 Å². The average Bonchev–Trinajstić information content (AvgIpc) is 3.03. The maximum absolute atomic E-state index is 13.8. The number of ether oxygens (including phenoxy) is 2. The fraction of sp³-hybridized carbons (Fsp3) is 0.455. The zero-order valence-corrected chi connectivity index (χ0v) is 16.2. The van der Waals surface area contributed by atoms with Crippen LogP contribution in [-0.4, -0.2) is 38.9 Å². The van der Waals surface area contributed by atoms with Gasteiger partial charge in [-0.25, -0.2) is 0 Å². The highest BCUT2D eigenvalue weighted by Gasteiger charge is 2.43. The van der Waals surface area contributed by atoms with Crippen molar-refractivity contribution in [2.75, 3.05) is 37.7 Å². The van der Waals surface area contributed by atoms with Crippen molar-refractivity contribution in [3.05, 3.63) is 41.5 Å². The lowest BCUT2D eigenvalue weighted by Gasteiger charge is -2.36. The zero-order valence-electron chi connectivity index (χ0n) is 16.2. The van der Waals surface area contributed by atoms with Gasteiger partial charge in [-0.1, -0.05) is 6.07 Å². The predicted molar refractivity (Wildman–Crippen MR) is 105 cm³/mol. The lowest BCUT2D eigenvalue weighted by molar-refractivity contribution is -0.137. The van der Waals surface area contributed by atoms with Crippen molar-refractivity contribution < 1.29 is 22.6 Å². The number of hydrogen-bond acceptors (Lipinski definition) is 4. The molecule has 0 amide bonds. The summed E-state index contributed by atoms with van der Waals surface area (Å²) in [6.07, 6.45) is -3.44. The number of alkyl halides is 3. The molecule has 0 unspecified atom stereocenters. The summed E-state index contributed by atoms with van der Waals surface area (Å²) in [4.78, 5) is 2.40. The molecule has 3 aliphatic rings. The highest BCUT2D eigenvalue weighted by molar-refractivity contribution is 5.80. The van der Waals surface area contributed by atoms with Crippen molar-refractivity contribution >= 4 is 5.69 Å². The van der Waals surface area contributed by atoms with Crippen LogP contribution in [0, 0.1) is 0 Å². The van der Waals surface area contributed by atoms with Crippen molar-refractivity contribution in [3.63, 3.8) is 0 Å². The van der Waals surface area contributed by atoms with Gasteiger partial charge in [-0.15, -0.1) is 0 Å². The van der Waals surface area contributed by atoms with E-state index in [1.165, 1.54) is 6.07 Å². The molecular formula is C22H23F3N2O2. The molecule has 1 saturated heterocycles. The third-order valence-corrected chi connectivity index (χ3v) is 6.15. The summed E-state index contributed by atoms with van der Waals surface area (Å²) in [5.41, 5.74) is 2.18. The van der Waals surface area contributed by atoms with E-state index in [-0.39, 0.29) is 17.2 Å². The third kappa shape index (κ3) is 3.03. The lowest BCUT2D eigenvalue weighted by Crippen LogP contribution is -2.46. The number of anilines is 1. The van der Waals surface area contributed by atoms with Crippen LogP contribution >= 0.6 is 0 Å². The number of nitrogens with zero attached hydrogens (tertiary/aromatic N) is 1. The summed E-state index contributed by atoms with van der Waals surface area (Å²) in [6, 6.07) is 8.30. The molecule has 2 atom stereocenters. The molecule has 0 aliphatic carbocycles. The van der Waals surface area contributed by atoms with E-state index in [0.29, 0.717) is 30.6 Å². The van der Waals surface area contributed by atoms with Gasteiger partial charge >= 0.3 is 6.18 Å². The molecule has 2 aromatic carbocycles. The molecule has 5 rings (SSSR count). The standard InChI is InChI=1S/C22H23F3N2O2/c1-2-28-14-3-4-15(18(11-14)22(23,24)25)13-9-16-17-12-26-6-5-19(17)27-7-8-29-20(10-13)21(16)27/h3-4,9-11,17,19,26H,2,5-8,12H2,1H3/t17-,19-/m0/s1. The SMILES string of the molecule is CCOc1ccc(-c2cc3c4c(c2)[C@@H]2CNCC[C@@H]2N4CCO3)c(C(F)(F)F)c1. The summed E-state index contributed by atoms with van der Waals surface area (Å²) in [6.45, 7) is 5.27. The van der Waals surface area contributed by atoms with Gasteiger partial charge in [0.05, 0.1) is 24.4 Å². The molecule has 3 aliphatic heterocycles. The van der Waals surface area contributed by atoms with Crippen LogP contribution in [0.25, 0.3) is 11.1 Å². The van der Waals surface area contributed by atoms with Crippen LogP contribution in [0.4, 0.5) is 18.9 Å². The van der Waals surface area contributed by atoms with Crippen LogP contribution in [0.2, 0.25) is 0 Å². The van der Waals surface area contributed by atoms with Crippen LogP contribution in [0.3, 0.4) is 0 Å². The van der Waals surface area contributed by atoms with Gasteiger partial charge in [-0.3, -0.25) is 0 Å². The Bertz CT molecular complexity index is 944. The number of benzene rings is 2. The third-order valence-electron chi connectivity index (χ3n) is 6.15. The molecular weight excluding hydrogens is 381 g/mol. The van der Waals surface area contributed by atoms with Gasteiger partial charge in [0, 0.05) is 18.5 Å². The first-order chi connectivity index (χ1) is 14.0. The second-order valence-electron chi connectivity index (χ2n) is 7.76. The highest BCUT2D eigenvalue weighted by atomic mass is 19.4. The van der Waals surface area contributed by atoms with Gasteiger partial charge in [-0.2, -0.15) is 13.2 Å². The second-order valence-corrected chi connectivity index (χ2v) is 7.76. The smallest absolute Gasteiger partial charge is 0.417 e. The second kappa shape index (κ2) is 6.83. The number of nitrogens with one attached hydrogen (secondary N) is 1. The highest BCUT2D eigenvalue weighted by Crippen LogP contribution is 2.52. The fourth-order valence-electron chi connectivity index (χ4n) is 4.98. The molecule has 4 nitrogen and oxygen atoms in total. The van der Waals surface area contributed by atoms with E-state index in [1.54, 1.807) is 19.1 Å². The maximum atomic E-state index is 13.8. The van der Waals surface area contributed by atoms with Gasteiger partial charge in [0.2, 0.25) is 0 Å². The Kier molecular flexibility index (Phi) is 4.38. The first kappa shape index (κ1) is 18.6. The summed E-state index contributed by atoms with van der Waals surface area (Å²) in [5, 5.41) is 3.43. The molecule has 0 saturated carbocycles. The van der Waals surface area contributed by atoms with Crippen molar-refractivity contribution in [2.45, 2.75) is 31.5 Å². The topological polar surface area (TPSA) is 33.7 Å². The Morgan fingerprint density at radius 3 is 2.90 bits per heavy atom. The Labute approximate surface area is 167 Å². The summed E-state index contributed by atoms with van der Waals surface area (Å²) < 4.78 is 52.8. The first-order valence-corrected chi connectivity index (χ1v) is 10.1. The normalized spacial score (nSPS) is 22.7. The van der Waals surface area contributed by atoms with E-state index >= 15 is 0 Å². The van der Waals surface area contributed by atoms with E-state index in [2.05, 4.69) is 10.2 Å². The Morgan fingerprint density at radius 1 is 1.24 bits per heavy atom. The van der Waals surface area contributed by atoms with Crippen molar-refractivity contribution in [2.24, 2.45) is 0 Å². The summed E-state index contributed by atoms with van der Waals surface area (Å²) in [7, 11) is 0. The van der Waals surface area contributed by atoms with Gasteiger partial charge in [0.25, 0.3) is 0 Å². The number of fused-ring (bicyclic) bond motifs is 3. The molecule has 0 spiro atoms. The van der Waals surface area contributed by atoms with E-state index in [0.717, 1.165) is 43.4 Å². The predicted octanol–water partition coefficient (Wildman–Crippen LogP) is 4.43. The average molecular weight is 404 g/mol. The molecule has 0 radical (unpaired) electrons. The van der Waals surface area contributed by atoms with Gasteiger partial charge in [0.15, 0.2) is 0 Å². The molecule has 2 aromatic rings. The van der Waals surface area contributed by atoms with E-state index in [1.807, 2.05) is 6.07 Å². The van der Waals surface area contributed by atoms with Crippen LogP contribution < -0.4 is 19.7 Å². The quantitative estimate of drug-likeness (QED) is 0.821. The zero-order chi connectivity index (χ0) is 20.2. The minimum atomic E-state index is -4.47. The van der Waals surface area contributed by atoms with Crippen LogP contribution in [0.15, 0.2) is 30.3 Å². The maximum Gasteiger partial charge on any atom is 0.417 e. The van der Waals surface area contributed by atoms with Crippen molar-refractivity contribution in [1.29, 1.82) is 0 Å². The number of hydrogen-bond donors (Lipinski definition) is 1. The molecule has 29 heavy (non-hydrogen) atoms. The largest absolute Gasteiger partial charge is 0.494 e. The summed E-state index contributed by atoms with van der Waals surface area (Å²) >= 11 is 0. The Hall–Kier alpha value is -2.41. The molecule has 154 valence electrons. The fourth-order valence-corrected chi connectivity index (χ4v) is 4.98. The summed E-state index contributed by atoms with van der Waals surface area (Å²) in [5.74, 6) is 1.20. The Balaban J connectivity index is 1.66.